The van der Waals surface area contributed by atoms with Crippen LogP contribution in [0.5, 0.6) is 5.75 Å². The zero-order valence-electron chi connectivity index (χ0n) is 21.9. The third kappa shape index (κ3) is 6.50. The summed E-state index contributed by atoms with van der Waals surface area (Å²) >= 11 is 1.09. The highest BCUT2D eigenvalue weighted by molar-refractivity contribution is 7.14. The van der Waals surface area contributed by atoms with Gasteiger partial charge >= 0.3 is 6.03 Å². The normalized spacial score (nSPS) is 16.5. The molecule has 1 aliphatic heterocycles. The minimum Gasteiger partial charge on any atom is -0.491 e. The predicted octanol–water partition coefficient (Wildman–Crippen LogP) is 4.16. The summed E-state index contributed by atoms with van der Waals surface area (Å²) in [5, 5.41) is 7.16. The van der Waals surface area contributed by atoms with Crippen LogP contribution in [0.25, 0.3) is 0 Å². The number of Topliss-reactive ketones (excluding diaryl/α,β-unsaturated/α-hetero) is 1. The average molecular weight is 551 g/mol. The van der Waals surface area contributed by atoms with Crippen molar-refractivity contribution in [3.63, 3.8) is 0 Å². The molecule has 1 aliphatic rings. The number of benzene rings is 2. The zero-order valence-corrected chi connectivity index (χ0v) is 22.7. The van der Waals surface area contributed by atoms with Crippen molar-refractivity contribution in [1.82, 2.24) is 15.2 Å². The number of carbonyl (C=O) groups excluding carboxylic acids is 4. The molecule has 0 bridgehead atoms. The van der Waals surface area contributed by atoms with Gasteiger partial charge in [0.1, 0.15) is 30.1 Å². The van der Waals surface area contributed by atoms with Crippen molar-refractivity contribution in [3.8, 4) is 5.75 Å². The molecule has 204 valence electrons. The molecular formula is C28H30N4O6S. The van der Waals surface area contributed by atoms with Gasteiger partial charge in [-0.1, -0.05) is 49.4 Å². The van der Waals surface area contributed by atoms with Crippen molar-refractivity contribution in [2.24, 2.45) is 0 Å². The van der Waals surface area contributed by atoms with E-state index in [4.69, 9.17) is 9.47 Å². The third-order valence-corrected chi connectivity index (χ3v) is 7.08. The molecule has 0 aliphatic carbocycles. The summed E-state index contributed by atoms with van der Waals surface area (Å²) in [7, 11) is 0. The van der Waals surface area contributed by atoms with E-state index < -0.39 is 35.8 Å². The second-order valence-electron chi connectivity index (χ2n) is 8.93. The standard InChI is InChI=1S/C28H30N4O6S/c1-4-37-14-15-38-21-12-10-20(11-13-21)23-26(35)32(28(36)30-23)24(17(2)19-8-6-5-7-9-19)25(34)31-27-29-22(16-39-27)18(3)33/h5-13,16-17,23-24H,4,14-15H2,1-3H3,(H,30,36)(H,29,31,34). The van der Waals surface area contributed by atoms with E-state index >= 15 is 0 Å². The summed E-state index contributed by atoms with van der Waals surface area (Å²) in [6, 6.07) is 13.2. The van der Waals surface area contributed by atoms with Gasteiger partial charge in [0.25, 0.3) is 5.91 Å². The van der Waals surface area contributed by atoms with Crippen LogP contribution in [0.1, 0.15) is 54.3 Å². The Kier molecular flexibility index (Phi) is 9.05. The highest BCUT2D eigenvalue weighted by Gasteiger charge is 2.47. The summed E-state index contributed by atoms with van der Waals surface area (Å²) in [5.41, 5.74) is 1.56. The Morgan fingerprint density at radius 3 is 2.46 bits per heavy atom. The summed E-state index contributed by atoms with van der Waals surface area (Å²) in [4.78, 5) is 57.2. The molecule has 0 radical (unpaired) electrons. The predicted molar refractivity (Wildman–Crippen MR) is 146 cm³/mol. The SMILES string of the molecule is CCOCCOc1ccc(C2NC(=O)N(C(C(=O)Nc3nc(C(C)=O)cs3)C(C)c3ccccc3)C2=O)cc1. The Labute approximate surface area is 230 Å². The number of ether oxygens (including phenoxy) is 2. The molecule has 0 spiro atoms. The second kappa shape index (κ2) is 12.6. The van der Waals surface area contributed by atoms with Crippen LogP contribution in [-0.4, -0.2) is 59.4 Å². The van der Waals surface area contributed by atoms with E-state index in [1.807, 2.05) is 37.3 Å². The summed E-state index contributed by atoms with van der Waals surface area (Å²) in [6.07, 6.45) is 0. The van der Waals surface area contributed by atoms with Gasteiger partial charge in [-0.15, -0.1) is 11.3 Å². The number of anilines is 1. The van der Waals surface area contributed by atoms with Crippen molar-refractivity contribution < 1.29 is 28.7 Å². The first-order valence-electron chi connectivity index (χ1n) is 12.6. The van der Waals surface area contributed by atoms with Crippen LogP contribution < -0.4 is 15.4 Å². The van der Waals surface area contributed by atoms with Crippen molar-refractivity contribution >= 4 is 40.1 Å². The lowest BCUT2D eigenvalue weighted by Crippen LogP contribution is -2.50. The Hall–Kier alpha value is -4.09. The number of nitrogens with zero attached hydrogens (tertiary/aromatic N) is 2. The van der Waals surface area contributed by atoms with Crippen LogP contribution in [0.3, 0.4) is 0 Å². The largest absolute Gasteiger partial charge is 0.491 e. The van der Waals surface area contributed by atoms with Crippen LogP contribution in [0.4, 0.5) is 9.93 Å². The number of urea groups is 1. The monoisotopic (exact) mass is 550 g/mol. The Bertz CT molecular complexity index is 1330. The van der Waals surface area contributed by atoms with E-state index in [0.717, 1.165) is 21.8 Å². The van der Waals surface area contributed by atoms with Crippen molar-refractivity contribution in [1.29, 1.82) is 0 Å². The molecule has 3 unspecified atom stereocenters. The first kappa shape index (κ1) is 27.9. The van der Waals surface area contributed by atoms with Crippen molar-refractivity contribution in [3.05, 3.63) is 76.8 Å². The molecule has 3 atom stereocenters. The molecule has 1 fully saturated rings. The molecule has 4 rings (SSSR count). The van der Waals surface area contributed by atoms with Gasteiger partial charge in [-0.2, -0.15) is 0 Å². The first-order valence-corrected chi connectivity index (χ1v) is 13.4. The minimum absolute atomic E-state index is 0.207. The summed E-state index contributed by atoms with van der Waals surface area (Å²) < 4.78 is 10.9. The lowest BCUT2D eigenvalue weighted by molar-refractivity contribution is -0.134. The Morgan fingerprint density at radius 1 is 1.10 bits per heavy atom. The summed E-state index contributed by atoms with van der Waals surface area (Å²) in [5.74, 6) is -1.29. The Morgan fingerprint density at radius 2 is 1.82 bits per heavy atom. The maximum atomic E-state index is 13.6. The van der Waals surface area contributed by atoms with Gasteiger partial charge in [0.2, 0.25) is 5.91 Å². The van der Waals surface area contributed by atoms with Gasteiger partial charge in [0.05, 0.1) is 6.61 Å². The van der Waals surface area contributed by atoms with Gasteiger partial charge in [0, 0.05) is 24.8 Å². The molecule has 11 heteroatoms. The molecule has 0 saturated carbocycles. The van der Waals surface area contributed by atoms with Crippen LogP contribution in [0.15, 0.2) is 60.0 Å². The number of amides is 4. The average Bonchev–Trinajstić information content (AvgIpc) is 3.52. The van der Waals surface area contributed by atoms with Crippen molar-refractivity contribution in [2.45, 2.75) is 38.8 Å². The van der Waals surface area contributed by atoms with E-state index in [1.54, 1.807) is 36.6 Å². The maximum absolute atomic E-state index is 13.6. The van der Waals surface area contributed by atoms with Gasteiger partial charge in [-0.05, 0) is 30.2 Å². The highest BCUT2D eigenvalue weighted by Crippen LogP contribution is 2.32. The molecular weight excluding hydrogens is 520 g/mol. The fourth-order valence-electron chi connectivity index (χ4n) is 4.28. The number of rotatable bonds is 12. The maximum Gasteiger partial charge on any atom is 0.325 e. The van der Waals surface area contributed by atoms with Gasteiger partial charge in [-0.3, -0.25) is 14.4 Å². The number of thiazole rings is 1. The highest BCUT2D eigenvalue weighted by atomic mass is 32.1. The van der Waals surface area contributed by atoms with Gasteiger partial charge in [-0.25, -0.2) is 14.7 Å². The fourth-order valence-corrected chi connectivity index (χ4v) is 5.03. The smallest absolute Gasteiger partial charge is 0.325 e. The molecule has 2 aromatic carbocycles. The zero-order chi connectivity index (χ0) is 27.9. The van der Waals surface area contributed by atoms with Crippen molar-refractivity contribution in [2.75, 3.05) is 25.1 Å². The topological polar surface area (TPSA) is 127 Å². The summed E-state index contributed by atoms with van der Waals surface area (Å²) in [6.45, 7) is 6.53. The number of hydrogen-bond donors (Lipinski definition) is 2. The van der Waals surface area contributed by atoms with E-state index in [9.17, 15) is 19.2 Å². The number of hydrogen-bond acceptors (Lipinski definition) is 8. The second-order valence-corrected chi connectivity index (χ2v) is 9.79. The van der Waals surface area contributed by atoms with Crippen LogP contribution in [0, 0.1) is 0 Å². The molecule has 10 nitrogen and oxygen atoms in total. The Balaban J connectivity index is 1.57. The lowest BCUT2D eigenvalue weighted by atomic mass is 9.91. The molecule has 2 heterocycles. The molecule has 3 aromatic rings. The van der Waals surface area contributed by atoms with E-state index in [2.05, 4.69) is 15.6 Å². The third-order valence-electron chi connectivity index (χ3n) is 6.33. The number of aromatic nitrogens is 1. The van der Waals surface area contributed by atoms with Gasteiger partial charge < -0.3 is 20.1 Å². The van der Waals surface area contributed by atoms with E-state index in [1.165, 1.54) is 6.92 Å². The lowest BCUT2D eigenvalue weighted by Gasteiger charge is -2.29. The van der Waals surface area contributed by atoms with Crippen LogP contribution in [-0.2, 0) is 14.3 Å². The van der Waals surface area contributed by atoms with Crippen LogP contribution >= 0.6 is 11.3 Å². The first-order chi connectivity index (χ1) is 18.8. The number of nitrogens with one attached hydrogen (secondary N) is 2. The quantitative estimate of drug-likeness (QED) is 0.197. The fraction of sp³-hybridized carbons (Fsp3) is 0.321. The molecule has 2 N–H and O–H groups in total. The van der Waals surface area contributed by atoms with E-state index in [0.29, 0.717) is 31.1 Å². The minimum atomic E-state index is -1.17. The molecule has 1 aromatic heterocycles. The van der Waals surface area contributed by atoms with Gasteiger partial charge in [0.15, 0.2) is 10.9 Å². The number of imide groups is 1. The van der Waals surface area contributed by atoms with E-state index in [-0.39, 0.29) is 16.6 Å². The number of carbonyl (C=O) groups is 4. The number of ketones is 1. The van der Waals surface area contributed by atoms with Crippen LogP contribution in [0.2, 0.25) is 0 Å². The molecule has 39 heavy (non-hydrogen) atoms. The molecule has 1 saturated heterocycles. The molecule has 4 amide bonds.